The molecule has 0 spiro atoms. The number of benzene rings is 3. The topological polar surface area (TPSA) is 58.2 Å². The predicted molar refractivity (Wildman–Crippen MR) is 126 cm³/mol. The van der Waals surface area contributed by atoms with Crippen LogP contribution in [0.1, 0.15) is 29.3 Å². The van der Waals surface area contributed by atoms with Crippen molar-refractivity contribution in [3.05, 3.63) is 88.7 Å². The molecule has 0 aliphatic rings. The summed E-state index contributed by atoms with van der Waals surface area (Å²) < 4.78 is 13.3. The van der Waals surface area contributed by atoms with Crippen LogP contribution in [0.4, 0.5) is 15.8 Å². The van der Waals surface area contributed by atoms with Gasteiger partial charge in [0, 0.05) is 21.8 Å². The lowest BCUT2D eigenvalue weighted by Crippen LogP contribution is -2.24. The molecule has 7 heteroatoms. The molecule has 1 atom stereocenters. The molecule has 4 nitrogen and oxygen atoms in total. The Kier molecular flexibility index (Phi) is 7.71. The van der Waals surface area contributed by atoms with Crippen LogP contribution in [0.3, 0.4) is 0 Å². The van der Waals surface area contributed by atoms with Crippen molar-refractivity contribution in [1.82, 2.24) is 0 Å². The molecule has 0 aromatic heterocycles. The first-order chi connectivity index (χ1) is 14.9. The molecule has 2 amide bonds. The van der Waals surface area contributed by atoms with Gasteiger partial charge in [0.25, 0.3) is 5.91 Å². The molecule has 0 aliphatic carbocycles. The highest BCUT2D eigenvalue weighted by atomic mass is 35.5. The average Bonchev–Trinajstić information content (AvgIpc) is 2.75. The minimum Gasteiger partial charge on any atom is -0.325 e. The second-order valence-electron chi connectivity index (χ2n) is 6.93. The lowest BCUT2D eigenvalue weighted by atomic mass is 10.1. The van der Waals surface area contributed by atoms with Gasteiger partial charge < -0.3 is 10.6 Å². The van der Waals surface area contributed by atoms with Crippen molar-refractivity contribution >= 4 is 46.6 Å². The number of hydrogen-bond donors (Lipinski definition) is 2. The van der Waals surface area contributed by atoms with Crippen molar-refractivity contribution < 1.29 is 14.0 Å². The van der Waals surface area contributed by atoms with Gasteiger partial charge in [0.05, 0.1) is 10.3 Å². The van der Waals surface area contributed by atoms with Crippen LogP contribution in [0.25, 0.3) is 0 Å². The average molecular weight is 457 g/mol. The van der Waals surface area contributed by atoms with E-state index in [4.69, 9.17) is 11.6 Å². The van der Waals surface area contributed by atoms with Crippen LogP contribution in [-0.2, 0) is 4.79 Å². The van der Waals surface area contributed by atoms with Crippen LogP contribution < -0.4 is 10.6 Å². The monoisotopic (exact) mass is 456 g/mol. The number of nitrogens with one attached hydrogen (secondary N) is 2. The van der Waals surface area contributed by atoms with E-state index in [9.17, 15) is 14.0 Å². The van der Waals surface area contributed by atoms with Crippen LogP contribution in [0.5, 0.6) is 0 Å². The van der Waals surface area contributed by atoms with Gasteiger partial charge in [0.15, 0.2) is 0 Å². The van der Waals surface area contributed by atoms with Crippen LogP contribution in [0.15, 0.2) is 71.6 Å². The number of rotatable bonds is 7. The van der Waals surface area contributed by atoms with Gasteiger partial charge >= 0.3 is 0 Å². The zero-order chi connectivity index (χ0) is 22.4. The SMILES string of the molecule is CCC(Sc1cccc(NC(=O)c2ccccc2C)c1)C(=O)Nc1ccc(F)c(Cl)c1. The Balaban J connectivity index is 1.68. The molecule has 3 rings (SSSR count). The summed E-state index contributed by atoms with van der Waals surface area (Å²) >= 11 is 7.18. The molecule has 0 heterocycles. The van der Waals surface area contributed by atoms with Crippen molar-refractivity contribution in [2.24, 2.45) is 0 Å². The van der Waals surface area contributed by atoms with E-state index in [1.807, 2.05) is 56.3 Å². The molecule has 0 saturated carbocycles. The second kappa shape index (κ2) is 10.5. The largest absolute Gasteiger partial charge is 0.325 e. The number of thioether (sulfide) groups is 1. The fourth-order valence-electron chi connectivity index (χ4n) is 2.96. The summed E-state index contributed by atoms with van der Waals surface area (Å²) in [6.45, 7) is 3.80. The maximum Gasteiger partial charge on any atom is 0.255 e. The van der Waals surface area contributed by atoms with E-state index in [1.165, 1.54) is 30.0 Å². The highest BCUT2D eigenvalue weighted by Crippen LogP contribution is 2.29. The molecular formula is C24H22ClFN2O2S. The maximum absolute atomic E-state index is 13.3. The zero-order valence-corrected chi connectivity index (χ0v) is 18.7. The van der Waals surface area contributed by atoms with Gasteiger partial charge in [-0.25, -0.2) is 4.39 Å². The van der Waals surface area contributed by atoms with E-state index in [1.54, 1.807) is 6.07 Å². The first-order valence-electron chi connectivity index (χ1n) is 9.77. The molecule has 0 saturated heterocycles. The van der Waals surface area contributed by atoms with E-state index < -0.39 is 5.82 Å². The third-order valence-electron chi connectivity index (χ3n) is 4.61. The molecule has 3 aromatic rings. The van der Waals surface area contributed by atoms with Gasteiger partial charge in [-0.05, 0) is 61.4 Å². The number of aryl methyl sites for hydroxylation is 1. The molecule has 0 bridgehead atoms. The smallest absolute Gasteiger partial charge is 0.255 e. The summed E-state index contributed by atoms with van der Waals surface area (Å²) in [5.74, 6) is -0.923. The van der Waals surface area contributed by atoms with Gasteiger partial charge in [-0.15, -0.1) is 11.8 Å². The van der Waals surface area contributed by atoms with E-state index >= 15 is 0 Å². The molecular weight excluding hydrogens is 435 g/mol. The third kappa shape index (κ3) is 6.09. The first kappa shape index (κ1) is 22.8. The van der Waals surface area contributed by atoms with Crippen molar-refractivity contribution in [3.8, 4) is 0 Å². The predicted octanol–water partition coefficient (Wildman–Crippen LogP) is 6.55. The normalized spacial score (nSPS) is 11.6. The molecule has 160 valence electrons. The number of carbonyl (C=O) groups is 2. The van der Waals surface area contributed by atoms with Crippen molar-refractivity contribution in [2.45, 2.75) is 30.4 Å². The summed E-state index contributed by atoms with van der Waals surface area (Å²) in [7, 11) is 0. The van der Waals surface area contributed by atoms with Crippen LogP contribution >= 0.6 is 23.4 Å². The van der Waals surface area contributed by atoms with E-state index in [-0.39, 0.29) is 22.1 Å². The summed E-state index contributed by atoms with van der Waals surface area (Å²) in [4.78, 5) is 26.1. The van der Waals surface area contributed by atoms with Crippen molar-refractivity contribution in [3.63, 3.8) is 0 Å². The number of amides is 2. The molecule has 0 fully saturated rings. The third-order valence-corrected chi connectivity index (χ3v) is 6.26. The van der Waals surface area contributed by atoms with E-state index in [0.717, 1.165) is 10.5 Å². The fraction of sp³-hybridized carbons (Fsp3) is 0.167. The van der Waals surface area contributed by atoms with Crippen molar-refractivity contribution in [2.75, 3.05) is 10.6 Å². The fourth-order valence-corrected chi connectivity index (χ4v) is 4.15. The lowest BCUT2D eigenvalue weighted by Gasteiger charge is -2.16. The van der Waals surface area contributed by atoms with Gasteiger partial charge in [-0.2, -0.15) is 0 Å². The summed E-state index contributed by atoms with van der Waals surface area (Å²) in [5, 5.41) is 5.27. The van der Waals surface area contributed by atoms with Crippen LogP contribution in [0.2, 0.25) is 5.02 Å². The standard InChI is InChI=1S/C24H22ClFN2O2S/c1-3-22(24(30)28-17-11-12-21(26)20(25)14-17)31-18-9-6-8-16(13-18)27-23(29)19-10-5-4-7-15(19)2/h4-14,22H,3H2,1-2H3,(H,27,29)(H,28,30). The Morgan fingerprint density at radius 3 is 2.45 bits per heavy atom. The first-order valence-corrected chi connectivity index (χ1v) is 11.0. The van der Waals surface area contributed by atoms with Gasteiger partial charge in [0.2, 0.25) is 5.91 Å². The molecule has 3 aromatic carbocycles. The highest BCUT2D eigenvalue weighted by molar-refractivity contribution is 8.00. The van der Waals surface area contributed by atoms with Crippen molar-refractivity contribution in [1.29, 1.82) is 0 Å². The Hall–Kier alpha value is -2.83. The van der Waals surface area contributed by atoms with Crippen LogP contribution in [-0.4, -0.2) is 17.1 Å². The molecule has 0 aliphatic heterocycles. The Morgan fingerprint density at radius 2 is 1.74 bits per heavy atom. The van der Waals surface area contributed by atoms with Gasteiger partial charge in [0.1, 0.15) is 5.82 Å². The number of halogens is 2. The van der Waals surface area contributed by atoms with E-state index in [0.29, 0.717) is 23.4 Å². The maximum atomic E-state index is 13.3. The Labute approximate surface area is 190 Å². The molecule has 1 unspecified atom stereocenters. The highest BCUT2D eigenvalue weighted by Gasteiger charge is 2.19. The van der Waals surface area contributed by atoms with Gasteiger partial charge in [-0.1, -0.05) is 42.8 Å². The second-order valence-corrected chi connectivity index (χ2v) is 8.61. The summed E-state index contributed by atoms with van der Waals surface area (Å²) in [6.07, 6.45) is 0.589. The quantitative estimate of drug-likeness (QED) is 0.396. The number of anilines is 2. The molecule has 2 N–H and O–H groups in total. The number of hydrogen-bond acceptors (Lipinski definition) is 3. The Morgan fingerprint density at radius 1 is 1.00 bits per heavy atom. The van der Waals surface area contributed by atoms with Gasteiger partial charge in [-0.3, -0.25) is 9.59 Å². The summed E-state index contributed by atoms with van der Waals surface area (Å²) in [6, 6.07) is 18.8. The molecule has 0 radical (unpaired) electrons. The lowest BCUT2D eigenvalue weighted by molar-refractivity contribution is -0.115. The minimum absolute atomic E-state index is 0.0457. The number of carbonyl (C=O) groups excluding carboxylic acids is 2. The van der Waals surface area contributed by atoms with E-state index in [2.05, 4.69) is 10.6 Å². The zero-order valence-electron chi connectivity index (χ0n) is 17.1. The minimum atomic E-state index is -0.536. The Bertz CT molecular complexity index is 1110. The van der Waals surface area contributed by atoms with Crippen LogP contribution in [0, 0.1) is 12.7 Å². The molecule has 31 heavy (non-hydrogen) atoms. The summed E-state index contributed by atoms with van der Waals surface area (Å²) in [5.41, 5.74) is 2.60.